The lowest BCUT2D eigenvalue weighted by Gasteiger charge is -2.28. The Morgan fingerprint density at radius 2 is 1.85 bits per heavy atom. The molecule has 5 rings (SSSR count). The number of hydrogen-bond donors (Lipinski definition) is 0. The summed E-state index contributed by atoms with van der Waals surface area (Å²) in [6.07, 6.45) is 0. The summed E-state index contributed by atoms with van der Waals surface area (Å²) in [5, 5.41) is 2.96. The number of nitrogens with zero attached hydrogens (tertiary/aromatic N) is 2. The second-order valence-electron chi connectivity index (χ2n) is 6.33. The van der Waals surface area contributed by atoms with Gasteiger partial charge in [-0.1, -0.05) is 29.8 Å². The van der Waals surface area contributed by atoms with Gasteiger partial charge >= 0.3 is 0 Å². The molecule has 0 atom stereocenters. The van der Waals surface area contributed by atoms with Crippen LogP contribution in [0.2, 0.25) is 5.02 Å². The molecule has 0 spiro atoms. The van der Waals surface area contributed by atoms with Crippen molar-refractivity contribution in [1.82, 2.24) is 4.98 Å². The summed E-state index contributed by atoms with van der Waals surface area (Å²) in [5.74, 6) is 3.13. The van der Waals surface area contributed by atoms with Crippen molar-refractivity contribution in [2.75, 3.05) is 29.5 Å². The normalized spacial score (nSPS) is 15.2. The molecule has 0 amide bonds. The van der Waals surface area contributed by atoms with E-state index in [9.17, 15) is 4.79 Å². The van der Waals surface area contributed by atoms with Crippen LogP contribution in [0.15, 0.2) is 47.3 Å². The molecular formula is C20H15ClN2OS2. The minimum absolute atomic E-state index is 0.0440. The number of halogens is 1. The van der Waals surface area contributed by atoms with Crippen molar-refractivity contribution in [3.05, 3.63) is 57.7 Å². The zero-order valence-corrected chi connectivity index (χ0v) is 16.3. The van der Waals surface area contributed by atoms with Crippen LogP contribution in [0.5, 0.6) is 0 Å². The van der Waals surface area contributed by atoms with E-state index < -0.39 is 0 Å². The average molecular weight is 399 g/mol. The maximum atomic E-state index is 13.4. The number of fused-ring (bicyclic) bond motifs is 4. The fourth-order valence-corrected chi connectivity index (χ4v) is 5.77. The second kappa shape index (κ2) is 6.41. The van der Waals surface area contributed by atoms with Gasteiger partial charge in [0.15, 0.2) is 5.43 Å². The Bertz CT molecular complexity index is 1220. The monoisotopic (exact) mass is 398 g/mol. The van der Waals surface area contributed by atoms with Crippen LogP contribution >= 0.6 is 34.7 Å². The molecular weight excluding hydrogens is 384 g/mol. The minimum atomic E-state index is 0.0440. The van der Waals surface area contributed by atoms with E-state index in [0.29, 0.717) is 10.4 Å². The van der Waals surface area contributed by atoms with Crippen molar-refractivity contribution >= 4 is 71.6 Å². The quantitative estimate of drug-likeness (QED) is 0.327. The van der Waals surface area contributed by atoms with Gasteiger partial charge in [0.2, 0.25) is 0 Å². The maximum absolute atomic E-state index is 13.4. The summed E-state index contributed by atoms with van der Waals surface area (Å²) in [5.41, 5.74) is 0.918. The molecule has 1 saturated heterocycles. The standard InChI is InChI=1S/C20H15ClN2OS2/c21-12-5-6-16-14(11-12)18(24)17-13-3-1-2-4-15(13)22-20(19(17)26-16)23-7-9-25-10-8-23/h1-6,11H,7-10H2. The van der Waals surface area contributed by atoms with Gasteiger partial charge in [-0.15, -0.1) is 11.3 Å². The van der Waals surface area contributed by atoms with Gasteiger partial charge in [-0.2, -0.15) is 11.8 Å². The first-order valence-corrected chi connectivity index (χ1v) is 10.8. The summed E-state index contributed by atoms with van der Waals surface area (Å²) in [7, 11) is 0. The fourth-order valence-electron chi connectivity index (χ4n) is 3.51. The number of para-hydroxylation sites is 1. The number of aromatic nitrogens is 1. The van der Waals surface area contributed by atoms with Crippen molar-refractivity contribution in [3.63, 3.8) is 0 Å². The first-order valence-electron chi connectivity index (χ1n) is 8.50. The zero-order valence-electron chi connectivity index (χ0n) is 13.9. The highest BCUT2D eigenvalue weighted by Gasteiger charge is 2.20. The molecule has 3 nitrogen and oxygen atoms in total. The molecule has 130 valence electrons. The molecule has 4 aromatic rings. The van der Waals surface area contributed by atoms with Gasteiger partial charge in [0.1, 0.15) is 5.82 Å². The fraction of sp³-hybridized carbons (Fsp3) is 0.200. The van der Waals surface area contributed by atoms with Crippen LogP contribution in [0, 0.1) is 0 Å². The van der Waals surface area contributed by atoms with Gasteiger partial charge in [-0.25, -0.2) is 4.98 Å². The lowest BCUT2D eigenvalue weighted by molar-refractivity contribution is 0.848. The molecule has 0 bridgehead atoms. The van der Waals surface area contributed by atoms with Crippen molar-refractivity contribution in [2.45, 2.75) is 0 Å². The van der Waals surface area contributed by atoms with E-state index in [-0.39, 0.29) is 5.43 Å². The van der Waals surface area contributed by atoms with E-state index >= 15 is 0 Å². The molecule has 1 aliphatic rings. The summed E-state index contributed by atoms with van der Waals surface area (Å²) in [4.78, 5) is 20.7. The Morgan fingerprint density at radius 3 is 2.69 bits per heavy atom. The maximum Gasteiger partial charge on any atom is 0.196 e. The van der Waals surface area contributed by atoms with Crippen LogP contribution in [0.4, 0.5) is 5.82 Å². The third-order valence-corrected chi connectivity index (χ3v) is 7.11. The highest BCUT2D eigenvalue weighted by molar-refractivity contribution is 7.99. The van der Waals surface area contributed by atoms with Crippen molar-refractivity contribution in [2.24, 2.45) is 0 Å². The summed E-state index contributed by atoms with van der Waals surface area (Å²) < 4.78 is 1.94. The Balaban J connectivity index is 1.96. The van der Waals surface area contributed by atoms with Gasteiger partial charge in [0.25, 0.3) is 0 Å². The molecule has 0 radical (unpaired) electrons. The Kier molecular flexibility index (Phi) is 4.03. The first-order chi connectivity index (χ1) is 12.7. The molecule has 1 aliphatic heterocycles. The first kappa shape index (κ1) is 16.4. The Morgan fingerprint density at radius 1 is 1.04 bits per heavy atom. The largest absolute Gasteiger partial charge is 0.354 e. The molecule has 1 fully saturated rings. The second-order valence-corrected chi connectivity index (χ2v) is 9.04. The summed E-state index contributed by atoms with van der Waals surface area (Å²) >= 11 is 9.76. The molecule has 0 saturated carbocycles. The lowest BCUT2D eigenvalue weighted by Crippen LogP contribution is -2.33. The van der Waals surface area contributed by atoms with Gasteiger partial charge in [-0.3, -0.25) is 4.79 Å². The van der Waals surface area contributed by atoms with E-state index in [1.54, 1.807) is 17.4 Å². The van der Waals surface area contributed by atoms with Crippen molar-refractivity contribution in [3.8, 4) is 0 Å². The number of pyridine rings is 1. The average Bonchev–Trinajstić information content (AvgIpc) is 2.68. The van der Waals surface area contributed by atoms with Crippen LogP contribution in [-0.4, -0.2) is 29.6 Å². The number of thioether (sulfide) groups is 1. The van der Waals surface area contributed by atoms with Gasteiger partial charge in [0.05, 0.1) is 15.6 Å². The lowest BCUT2D eigenvalue weighted by atomic mass is 10.1. The van der Waals surface area contributed by atoms with E-state index in [2.05, 4.69) is 4.90 Å². The van der Waals surface area contributed by atoms with Gasteiger partial charge in [-0.05, 0) is 24.3 Å². The van der Waals surface area contributed by atoms with Crippen LogP contribution < -0.4 is 10.3 Å². The third-order valence-electron chi connectivity index (χ3n) is 4.77. The molecule has 3 heterocycles. The third kappa shape index (κ3) is 2.57. The van der Waals surface area contributed by atoms with Crippen LogP contribution in [0.1, 0.15) is 0 Å². The predicted molar refractivity (Wildman–Crippen MR) is 115 cm³/mol. The molecule has 6 heteroatoms. The van der Waals surface area contributed by atoms with Gasteiger partial charge in [0, 0.05) is 45.1 Å². The van der Waals surface area contributed by atoms with E-state index in [1.807, 2.05) is 48.2 Å². The number of anilines is 1. The highest BCUT2D eigenvalue weighted by Crippen LogP contribution is 2.36. The summed E-state index contributed by atoms with van der Waals surface area (Å²) in [6, 6.07) is 13.5. The topological polar surface area (TPSA) is 33.2 Å². The van der Waals surface area contributed by atoms with E-state index in [1.165, 1.54) is 0 Å². The molecule has 0 N–H and O–H groups in total. The Labute approximate surface area is 163 Å². The molecule has 0 aliphatic carbocycles. The Hall–Kier alpha value is -1.82. The number of benzene rings is 2. The zero-order chi connectivity index (χ0) is 17.7. The summed E-state index contributed by atoms with van der Waals surface area (Å²) in [6.45, 7) is 1.93. The van der Waals surface area contributed by atoms with Crippen molar-refractivity contribution < 1.29 is 0 Å². The SMILES string of the molecule is O=c1c2cc(Cl)ccc2sc2c(N3CCSCC3)nc3ccccc3c12. The number of rotatable bonds is 1. The highest BCUT2D eigenvalue weighted by atomic mass is 35.5. The predicted octanol–water partition coefficient (Wildman–Crippen LogP) is 5.17. The van der Waals surface area contributed by atoms with Crippen molar-refractivity contribution in [1.29, 1.82) is 0 Å². The molecule has 26 heavy (non-hydrogen) atoms. The van der Waals surface area contributed by atoms with Crippen LogP contribution in [0.25, 0.3) is 31.1 Å². The minimum Gasteiger partial charge on any atom is -0.354 e. The molecule has 2 aromatic carbocycles. The molecule has 0 unspecified atom stereocenters. The van der Waals surface area contributed by atoms with Gasteiger partial charge < -0.3 is 4.90 Å². The van der Waals surface area contributed by atoms with E-state index in [4.69, 9.17) is 16.6 Å². The van der Waals surface area contributed by atoms with Crippen LogP contribution in [0.3, 0.4) is 0 Å². The van der Waals surface area contributed by atoms with E-state index in [0.717, 1.165) is 56.1 Å². The van der Waals surface area contributed by atoms with Crippen LogP contribution in [-0.2, 0) is 0 Å². The molecule has 2 aromatic heterocycles. The smallest absolute Gasteiger partial charge is 0.196 e. The number of hydrogen-bond acceptors (Lipinski definition) is 5.